The van der Waals surface area contributed by atoms with Crippen LogP contribution < -0.4 is 14.8 Å². The van der Waals surface area contributed by atoms with Gasteiger partial charge in [-0.2, -0.15) is 0 Å². The minimum absolute atomic E-state index is 0.151. The fourth-order valence-corrected chi connectivity index (χ4v) is 2.70. The van der Waals surface area contributed by atoms with E-state index in [0.717, 1.165) is 19.4 Å². The first kappa shape index (κ1) is 19.1. The molecule has 1 aromatic carbocycles. The number of rotatable bonds is 9. The zero-order valence-electron chi connectivity index (χ0n) is 15.3. The number of ether oxygens (including phenoxy) is 2. The number of carbonyl (C=O) groups is 2. The van der Waals surface area contributed by atoms with Crippen molar-refractivity contribution in [3.63, 3.8) is 0 Å². The van der Waals surface area contributed by atoms with Gasteiger partial charge < -0.3 is 19.7 Å². The molecule has 0 atom stereocenters. The molecule has 1 aliphatic heterocycles. The molecular formula is C19H28N2O4. The van der Waals surface area contributed by atoms with Crippen molar-refractivity contribution < 1.29 is 19.1 Å². The van der Waals surface area contributed by atoms with Crippen LogP contribution in [0.3, 0.4) is 0 Å². The quantitative estimate of drug-likeness (QED) is 0.696. The van der Waals surface area contributed by atoms with Crippen LogP contribution in [0.5, 0.6) is 11.5 Å². The summed E-state index contributed by atoms with van der Waals surface area (Å²) in [4.78, 5) is 25.7. The molecule has 138 valence electrons. The minimum atomic E-state index is -0.151. The third kappa shape index (κ3) is 5.66. The predicted octanol–water partition coefficient (Wildman–Crippen LogP) is 2.47. The lowest BCUT2D eigenvalue weighted by Crippen LogP contribution is -2.30. The SMILES string of the molecule is COc1cc(C(=O)NCCCN2CCCC2=O)ccc1OCC(C)C. The molecular weight excluding hydrogens is 320 g/mol. The van der Waals surface area contributed by atoms with Crippen molar-refractivity contribution in [2.45, 2.75) is 33.1 Å². The lowest BCUT2D eigenvalue weighted by atomic mass is 10.2. The van der Waals surface area contributed by atoms with Gasteiger partial charge in [-0.25, -0.2) is 0 Å². The molecule has 2 rings (SSSR count). The fourth-order valence-electron chi connectivity index (χ4n) is 2.70. The van der Waals surface area contributed by atoms with Crippen LogP contribution in [0, 0.1) is 5.92 Å². The number of hydrogen-bond donors (Lipinski definition) is 1. The molecule has 6 heteroatoms. The standard InChI is InChI=1S/C19H28N2O4/c1-14(2)13-25-16-8-7-15(12-17(16)24-3)19(23)20-9-5-11-21-10-4-6-18(21)22/h7-8,12,14H,4-6,9-11,13H2,1-3H3,(H,20,23). The van der Waals surface area contributed by atoms with Gasteiger partial charge in [0, 0.05) is 31.6 Å². The van der Waals surface area contributed by atoms with Crippen LogP contribution in [0.1, 0.15) is 43.5 Å². The van der Waals surface area contributed by atoms with Crippen molar-refractivity contribution in [1.82, 2.24) is 10.2 Å². The lowest BCUT2D eigenvalue weighted by Gasteiger charge is -2.15. The minimum Gasteiger partial charge on any atom is -0.493 e. The number of carbonyl (C=O) groups excluding carboxylic acids is 2. The predicted molar refractivity (Wildman–Crippen MR) is 96.1 cm³/mol. The second-order valence-electron chi connectivity index (χ2n) is 6.66. The molecule has 0 aliphatic carbocycles. The van der Waals surface area contributed by atoms with Crippen molar-refractivity contribution in [1.29, 1.82) is 0 Å². The third-order valence-electron chi connectivity index (χ3n) is 4.06. The van der Waals surface area contributed by atoms with Gasteiger partial charge in [0.15, 0.2) is 11.5 Å². The zero-order valence-corrected chi connectivity index (χ0v) is 15.3. The molecule has 1 fully saturated rings. The maximum absolute atomic E-state index is 12.3. The Morgan fingerprint density at radius 2 is 2.12 bits per heavy atom. The van der Waals surface area contributed by atoms with E-state index in [1.807, 2.05) is 4.90 Å². The number of nitrogens with zero attached hydrogens (tertiary/aromatic N) is 1. The number of benzene rings is 1. The summed E-state index contributed by atoms with van der Waals surface area (Å²) in [6.07, 6.45) is 2.35. The molecule has 2 amide bonds. The van der Waals surface area contributed by atoms with E-state index in [4.69, 9.17) is 9.47 Å². The van der Waals surface area contributed by atoms with E-state index in [1.165, 1.54) is 0 Å². The molecule has 1 aliphatic rings. The maximum atomic E-state index is 12.3. The lowest BCUT2D eigenvalue weighted by molar-refractivity contribution is -0.127. The number of amides is 2. The molecule has 0 unspecified atom stereocenters. The van der Waals surface area contributed by atoms with E-state index in [9.17, 15) is 9.59 Å². The summed E-state index contributed by atoms with van der Waals surface area (Å²) in [7, 11) is 1.56. The molecule has 25 heavy (non-hydrogen) atoms. The molecule has 0 aromatic heterocycles. The van der Waals surface area contributed by atoms with Crippen LogP contribution in [-0.2, 0) is 4.79 Å². The smallest absolute Gasteiger partial charge is 0.251 e. The second-order valence-corrected chi connectivity index (χ2v) is 6.66. The molecule has 1 heterocycles. The fraction of sp³-hybridized carbons (Fsp3) is 0.579. The average Bonchev–Trinajstić information content (AvgIpc) is 3.01. The van der Waals surface area contributed by atoms with E-state index in [0.29, 0.717) is 49.1 Å². The first-order valence-corrected chi connectivity index (χ1v) is 8.88. The van der Waals surface area contributed by atoms with Crippen LogP contribution in [-0.4, -0.2) is 50.1 Å². The van der Waals surface area contributed by atoms with Crippen molar-refractivity contribution >= 4 is 11.8 Å². The topological polar surface area (TPSA) is 67.9 Å². The average molecular weight is 348 g/mol. The van der Waals surface area contributed by atoms with E-state index in [-0.39, 0.29) is 11.8 Å². The Bertz CT molecular complexity index is 601. The van der Waals surface area contributed by atoms with Gasteiger partial charge in [0.05, 0.1) is 13.7 Å². The largest absolute Gasteiger partial charge is 0.493 e. The number of hydrogen-bond acceptors (Lipinski definition) is 4. The zero-order chi connectivity index (χ0) is 18.2. The molecule has 0 spiro atoms. The summed E-state index contributed by atoms with van der Waals surface area (Å²) >= 11 is 0. The third-order valence-corrected chi connectivity index (χ3v) is 4.06. The Hall–Kier alpha value is -2.24. The maximum Gasteiger partial charge on any atom is 0.251 e. The van der Waals surface area contributed by atoms with Crippen molar-refractivity contribution in [3.8, 4) is 11.5 Å². The molecule has 1 saturated heterocycles. The Kier molecular flexibility index (Phi) is 7.10. The summed E-state index contributed by atoms with van der Waals surface area (Å²) in [5.74, 6) is 1.67. The second kappa shape index (κ2) is 9.30. The van der Waals surface area contributed by atoms with Gasteiger partial charge in [-0.15, -0.1) is 0 Å². The highest BCUT2D eigenvalue weighted by Gasteiger charge is 2.19. The number of methoxy groups -OCH3 is 1. The Balaban J connectivity index is 1.83. The highest BCUT2D eigenvalue weighted by molar-refractivity contribution is 5.94. The first-order chi connectivity index (χ1) is 12.0. The van der Waals surface area contributed by atoms with Gasteiger partial charge in [0.2, 0.25) is 5.91 Å². The molecule has 1 aromatic rings. The van der Waals surface area contributed by atoms with Gasteiger partial charge in [-0.05, 0) is 37.0 Å². The molecule has 1 N–H and O–H groups in total. The normalized spacial score (nSPS) is 14.1. The molecule has 0 saturated carbocycles. The molecule has 6 nitrogen and oxygen atoms in total. The van der Waals surface area contributed by atoms with Gasteiger partial charge >= 0.3 is 0 Å². The van der Waals surface area contributed by atoms with Crippen LogP contribution in [0.2, 0.25) is 0 Å². The Labute approximate surface area is 149 Å². The Morgan fingerprint density at radius 1 is 1.32 bits per heavy atom. The van der Waals surface area contributed by atoms with E-state index < -0.39 is 0 Å². The van der Waals surface area contributed by atoms with Crippen LogP contribution in [0.25, 0.3) is 0 Å². The van der Waals surface area contributed by atoms with Gasteiger partial charge in [0.1, 0.15) is 0 Å². The molecule has 0 bridgehead atoms. The summed E-state index contributed by atoms with van der Waals surface area (Å²) in [5, 5.41) is 2.89. The van der Waals surface area contributed by atoms with Crippen LogP contribution in [0.4, 0.5) is 0 Å². The summed E-state index contributed by atoms with van der Waals surface area (Å²) < 4.78 is 11.0. The van der Waals surface area contributed by atoms with Gasteiger partial charge in [-0.1, -0.05) is 13.8 Å². The molecule has 0 radical (unpaired) electrons. The van der Waals surface area contributed by atoms with Crippen LogP contribution in [0.15, 0.2) is 18.2 Å². The van der Waals surface area contributed by atoms with Crippen LogP contribution >= 0.6 is 0 Å². The van der Waals surface area contributed by atoms with Gasteiger partial charge in [0.25, 0.3) is 5.91 Å². The van der Waals surface area contributed by atoms with Crippen molar-refractivity contribution in [2.24, 2.45) is 5.92 Å². The van der Waals surface area contributed by atoms with E-state index in [1.54, 1.807) is 25.3 Å². The van der Waals surface area contributed by atoms with E-state index >= 15 is 0 Å². The summed E-state index contributed by atoms with van der Waals surface area (Å²) in [6.45, 7) is 6.81. The summed E-state index contributed by atoms with van der Waals surface area (Å²) in [5.41, 5.74) is 0.533. The first-order valence-electron chi connectivity index (χ1n) is 8.88. The number of likely N-dealkylation sites (tertiary alicyclic amines) is 1. The van der Waals surface area contributed by atoms with E-state index in [2.05, 4.69) is 19.2 Å². The van der Waals surface area contributed by atoms with Crippen molar-refractivity contribution in [3.05, 3.63) is 23.8 Å². The highest BCUT2D eigenvalue weighted by Crippen LogP contribution is 2.28. The number of nitrogens with one attached hydrogen (secondary N) is 1. The van der Waals surface area contributed by atoms with Gasteiger partial charge in [-0.3, -0.25) is 9.59 Å². The van der Waals surface area contributed by atoms with Crippen molar-refractivity contribution in [2.75, 3.05) is 33.4 Å². The monoisotopic (exact) mass is 348 g/mol. The Morgan fingerprint density at radius 3 is 2.76 bits per heavy atom. The highest BCUT2D eigenvalue weighted by atomic mass is 16.5. The summed E-state index contributed by atoms with van der Waals surface area (Å²) in [6, 6.07) is 5.19.